The van der Waals surface area contributed by atoms with E-state index in [0.29, 0.717) is 10.9 Å². The molecule has 3 atom stereocenters. The van der Waals surface area contributed by atoms with E-state index in [0.717, 1.165) is 0 Å². The second-order valence-electron chi connectivity index (χ2n) is 3.83. The number of nitrogen functional groups attached to an aromatic ring is 1. The first-order valence-corrected chi connectivity index (χ1v) is 5.90. The number of aliphatic hydroxyl groups is 1. The number of nitrogens with two attached hydrogens (primary N) is 2. The van der Waals surface area contributed by atoms with Crippen molar-refractivity contribution in [3.63, 3.8) is 0 Å². The molecule has 7 nitrogen and oxygen atoms in total. The van der Waals surface area contributed by atoms with Gasteiger partial charge >= 0.3 is 5.69 Å². The highest BCUT2D eigenvalue weighted by Gasteiger charge is 2.34. The molecule has 1 aromatic rings. The van der Waals surface area contributed by atoms with Crippen LogP contribution in [0.4, 0.5) is 5.82 Å². The molecule has 17 heavy (non-hydrogen) atoms. The van der Waals surface area contributed by atoms with Crippen LogP contribution in [0, 0.1) is 0 Å². The molecule has 0 saturated carbocycles. The molecule has 1 saturated heterocycles. The van der Waals surface area contributed by atoms with Crippen molar-refractivity contribution in [3.8, 4) is 0 Å². The van der Waals surface area contributed by atoms with Crippen molar-refractivity contribution in [1.29, 1.82) is 0 Å². The molecule has 0 bridgehead atoms. The first-order valence-electron chi connectivity index (χ1n) is 5.10. The Balaban J connectivity index is 2.30. The summed E-state index contributed by atoms with van der Waals surface area (Å²) in [6.45, 7) is 0.204. The van der Waals surface area contributed by atoms with E-state index in [-0.39, 0.29) is 12.4 Å². The molecular weight excluding hydrogens is 292 g/mol. The highest BCUT2D eigenvalue weighted by Crippen LogP contribution is 2.28. The van der Waals surface area contributed by atoms with E-state index in [9.17, 15) is 9.90 Å². The van der Waals surface area contributed by atoms with Crippen LogP contribution in [0.15, 0.2) is 15.5 Å². The van der Waals surface area contributed by atoms with Gasteiger partial charge in [-0.25, -0.2) is 4.79 Å². The normalized spacial score (nSPS) is 28.5. The number of hydrogen-bond donors (Lipinski definition) is 3. The van der Waals surface area contributed by atoms with Gasteiger partial charge in [-0.3, -0.25) is 4.57 Å². The molecule has 1 aromatic heterocycles. The number of ether oxygens (including phenoxy) is 1. The summed E-state index contributed by atoms with van der Waals surface area (Å²) in [5, 5.41) is 9.66. The highest BCUT2D eigenvalue weighted by molar-refractivity contribution is 9.10. The Morgan fingerprint density at radius 1 is 1.71 bits per heavy atom. The third kappa shape index (κ3) is 2.34. The maximum Gasteiger partial charge on any atom is 0.351 e. The Labute approximate surface area is 106 Å². The lowest BCUT2D eigenvalue weighted by atomic mass is 10.2. The predicted molar refractivity (Wildman–Crippen MR) is 64.2 cm³/mol. The third-order valence-corrected chi connectivity index (χ3v) is 3.29. The van der Waals surface area contributed by atoms with Gasteiger partial charge in [-0.05, 0) is 15.9 Å². The maximum absolute atomic E-state index is 11.6. The second-order valence-corrected chi connectivity index (χ2v) is 4.69. The molecule has 0 radical (unpaired) electrons. The molecule has 94 valence electrons. The van der Waals surface area contributed by atoms with E-state index >= 15 is 0 Å². The van der Waals surface area contributed by atoms with Crippen LogP contribution in [0.2, 0.25) is 0 Å². The number of aliphatic hydroxyl groups excluding tert-OH is 1. The third-order valence-electron chi connectivity index (χ3n) is 2.68. The summed E-state index contributed by atoms with van der Waals surface area (Å²) in [4.78, 5) is 15.3. The quantitative estimate of drug-likeness (QED) is 0.658. The molecule has 2 rings (SSSR count). The molecule has 0 spiro atoms. The Bertz CT molecular complexity index is 478. The van der Waals surface area contributed by atoms with Crippen molar-refractivity contribution < 1.29 is 9.84 Å². The summed E-state index contributed by atoms with van der Waals surface area (Å²) in [5.41, 5.74) is 10.4. The van der Waals surface area contributed by atoms with Gasteiger partial charge in [0.25, 0.3) is 0 Å². The maximum atomic E-state index is 11.6. The fourth-order valence-electron chi connectivity index (χ4n) is 1.76. The molecule has 8 heteroatoms. The zero-order valence-electron chi connectivity index (χ0n) is 8.91. The van der Waals surface area contributed by atoms with Gasteiger partial charge < -0.3 is 21.3 Å². The van der Waals surface area contributed by atoms with Crippen LogP contribution in [-0.4, -0.2) is 33.4 Å². The van der Waals surface area contributed by atoms with Gasteiger partial charge in [0.2, 0.25) is 0 Å². The van der Waals surface area contributed by atoms with E-state index in [2.05, 4.69) is 20.9 Å². The van der Waals surface area contributed by atoms with Crippen LogP contribution in [0.5, 0.6) is 0 Å². The summed E-state index contributed by atoms with van der Waals surface area (Å²) in [7, 11) is 0. The highest BCUT2D eigenvalue weighted by atomic mass is 79.9. The molecule has 0 unspecified atom stereocenters. The van der Waals surface area contributed by atoms with Gasteiger partial charge in [0.15, 0.2) is 0 Å². The predicted octanol–water partition coefficient (Wildman–Crippen LogP) is -0.805. The molecule has 2 heterocycles. The SMILES string of the molecule is NC[C@H]1O[C@@H](n2cc(Br)c(N)nc2=O)C[C@@H]1O. The Morgan fingerprint density at radius 3 is 3.00 bits per heavy atom. The van der Waals surface area contributed by atoms with E-state index in [4.69, 9.17) is 16.2 Å². The van der Waals surface area contributed by atoms with Crippen molar-refractivity contribution in [3.05, 3.63) is 21.2 Å². The summed E-state index contributed by atoms with van der Waals surface area (Å²) in [5.74, 6) is 0.125. The fraction of sp³-hybridized carbons (Fsp3) is 0.556. The lowest BCUT2D eigenvalue weighted by molar-refractivity contribution is -0.0151. The number of anilines is 1. The summed E-state index contributed by atoms with van der Waals surface area (Å²) in [6, 6.07) is 0. The van der Waals surface area contributed by atoms with E-state index in [1.807, 2.05) is 0 Å². The van der Waals surface area contributed by atoms with Gasteiger partial charge in [0, 0.05) is 19.2 Å². The van der Waals surface area contributed by atoms with Crippen LogP contribution >= 0.6 is 15.9 Å². The first kappa shape index (κ1) is 12.5. The number of aromatic nitrogens is 2. The van der Waals surface area contributed by atoms with E-state index < -0.39 is 24.1 Å². The van der Waals surface area contributed by atoms with Crippen LogP contribution in [0.25, 0.3) is 0 Å². The van der Waals surface area contributed by atoms with Gasteiger partial charge in [0.05, 0.1) is 16.7 Å². The zero-order valence-corrected chi connectivity index (χ0v) is 10.5. The molecule has 1 aliphatic rings. The Morgan fingerprint density at radius 2 is 2.41 bits per heavy atom. The average molecular weight is 305 g/mol. The van der Waals surface area contributed by atoms with Crippen LogP contribution in [0.1, 0.15) is 12.6 Å². The molecule has 0 aromatic carbocycles. The van der Waals surface area contributed by atoms with E-state index in [1.165, 1.54) is 10.8 Å². The largest absolute Gasteiger partial charge is 0.390 e. The second kappa shape index (κ2) is 4.73. The number of rotatable bonds is 2. The minimum Gasteiger partial charge on any atom is -0.390 e. The number of hydrogen-bond acceptors (Lipinski definition) is 6. The smallest absolute Gasteiger partial charge is 0.351 e. The summed E-state index contributed by atoms with van der Waals surface area (Å²) >= 11 is 3.18. The summed E-state index contributed by atoms with van der Waals surface area (Å²) < 4.78 is 7.27. The van der Waals surface area contributed by atoms with Crippen molar-refractivity contribution in [2.75, 3.05) is 12.3 Å². The van der Waals surface area contributed by atoms with Crippen LogP contribution in [0.3, 0.4) is 0 Å². The monoisotopic (exact) mass is 304 g/mol. The first-order chi connectivity index (χ1) is 8.02. The van der Waals surface area contributed by atoms with E-state index in [1.54, 1.807) is 0 Å². The van der Waals surface area contributed by atoms with Crippen molar-refractivity contribution in [2.24, 2.45) is 5.73 Å². The molecule has 0 aliphatic carbocycles. The van der Waals surface area contributed by atoms with Crippen LogP contribution in [-0.2, 0) is 4.74 Å². The molecule has 5 N–H and O–H groups in total. The van der Waals surface area contributed by atoms with Crippen molar-refractivity contribution in [2.45, 2.75) is 24.9 Å². The molecule has 0 amide bonds. The number of nitrogens with zero attached hydrogens (tertiary/aromatic N) is 2. The van der Waals surface area contributed by atoms with Gasteiger partial charge in [-0.2, -0.15) is 4.98 Å². The Hall–Kier alpha value is -0.960. The summed E-state index contributed by atoms with van der Waals surface area (Å²) in [6.07, 6.45) is 0.118. The lowest BCUT2D eigenvalue weighted by Crippen LogP contribution is -2.30. The molecular formula is C9H13BrN4O3. The minimum absolute atomic E-state index is 0.125. The van der Waals surface area contributed by atoms with Crippen molar-refractivity contribution >= 4 is 21.7 Å². The van der Waals surface area contributed by atoms with Crippen LogP contribution < -0.4 is 17.2 Å². The number of halogens is 1. The average Bonchev–Trinajstić information content (AvgIpc) is 2.65. The topological polar surface area (TPSA) is 116 Å². The lowest BCUT2D eigenvalue weighted by Gasteiger charge is -2.15. The standard InChI is InChI=1S/C9H13BrN4O3/c10-4-3-14(9(16)13-8(4)12)7-1-5(15)6(2-11)17-7/h3,5-7,15H,1-2,11H2,(H2,12,13,16)/t5-,6+,7+/m0/s1. The minimum atomic E-state index is -0.673. The van der Waals surface area contributed by atoms with Gasteiger partial charge in [0.1, 0.15) is 12.0 Å². The molecule has 1 fully saturated rings. The van der Waals surface area contributed by atoms with Crippen molar-refractivity contribution in [1.82, 2.24) is 9.55 Å². The van der Waals surface area contributed by atoms with Gasteiger partial charge in [-0.15, -0.1) is 0 Å². The van der Waals surface area contributed by atoms with Gasteiger partial charge in [-0.1, -0.05) is 0 Å². The Kier molecular flexibility index (Phi) is 3.48. The fourth-order valence-corrected chi connectivity index (χ4v) is 2.07. The zero-order chi connectivity index (χ0) is 12.6. The molecule has 1 aliphatic heterocycles.